The maximum Gasteiger partial charge on any atom is 0.0705 e. The molecule has 58 valence electrons. The first-order valence-corrected chi connectivity index (χ1v) is 3.69. The van der Waals surface area contributed by atoms with Crippen LogP contribution in [0.25, 0.3) is 10.9 Å². The third kappa shape index (κ3) is 1.45. The van der Waals surface area contributed by atoms with E-state index in [9.17, 15) is 0 Å². The third-order valence-corrected chi connectivity index (χ3v) is 1.74. The molecule has 0 saturated carbocycles. The fourth-order valence-corrected chi connectivity index (χ4v) is 1.17. The highest BCUT2D eigenvalue weighted by Crippen LogP contribution is 2.10. The lowest BCUT2D eigenvalue weighted by Gasteiger charge is -1.95. The van der Waals surface area contributed by atoms with Crippen LogP contribution < -0.4 is 0 Å². The van der Waals surface area contributed by atoms with Crippen LogP contribution in [0.2, 0.25) is 0 Å². The Bertz CT molecular complexity index is 379. The summed E-state index contributed by atoms with van der Waals surface area (Å²) in [4.78, 5) is 4.38. The summed E-state index contributed by atoms with van der Waals surface area (Å²) in [6, 6.07) is 12.3. The summed E-state index contributed by atoms with van der Waals surface area (Å²) >= 11 is 0. The first-order valence-electron chi connectivity index (χ1n) is 3.69. The fraction of sp³-hybridized carbons (Fsp3) is 0.0909. The minimum absolute atomic E-state index is 0. The molecule has 1 aromatic carbocycles. The molecular formula is C11H9N. The lowest BCUT2D eigenvalue weighted by atomic mass is 10.2. The summed E-state index contributed by atoms with van der Waals surface area (Å²) in [6.07, 6.45) is 0. The first kappa shape index (κ1) is 8.72. The minimum Gasteiger partial charge on any atom is -0.253 e. The molecule has 1 nitrogen and oxygen atoms in total. The molecule has 0 amide bonds. The van der Waals surface area contributed by atoms with Gasteiger partial charge < -0.3 is 0 Å². The Morgan fingerprint density at radius 1 is 1.00 bits per heavy atom. The summed E-state index contributed by atoms with van der Waals surface area (Å²) in [5.74, 6) is 0. The van der Waals surface area contributed by atoms with Crippen molar-refractivity contribution in [1.82, 2.24) is 4.98 Å². The number of pyridine rings is 1. The molecule has 0 aliphatic carbocycles. The highest BCUT2D eigenvalue weighted by atomic mass is 14.7. The topological polar surface area (TPSA) is 12.9 Å². The first-order chi connectivity index (χ1) is 5.36. The summed E-state index contributed by atoms with van der Waals surface area (Å²) in [5, 5.41) is 1.21. The van der Waals surface area contributed by atoms with E-state index >= 15 is 0 Å². The zero-order valence-corrected chi connectivity index (χ0v) is 6.91. The molecule has 0 fully saturated rings. The molecule has 2 aromatic rings. The molecule has 4 radical (unpaired) electrons. The van der Waals surface area contributed by atoms with Crippen LogP contribution in [0, 0.1) is 14.4 Å². The SMILES string of the molecule is Cc1ccc2ccccc2n1.[C]. The molecule has 1 heterocycles. The number of fused-ring (bicyclic) bond motifs is 1. The van der Waals surface area contributed by atoms with Crippen molar-refractivity contribution >= 4 is 10.9 Å². The smallest absolute Gasteiger partial charge is 0.0705 e. The predicted octanol–water partition coefficient (Wildman–Crippen LogP) is 2.62. The maximum atomic E-state index is 4.38. The van der Waals surface area contributed by atoms with Crippen LogP contribution in [-0.2, 0) is 0 Å². The summed E-state index contributed by atoms with van der Waals surface area (Å²) < 4.78 is 0. The van der Waals surface area contributed by atoms with Crippen LogP contribution in [0.15, 0.2) is 36.4 Å². The quantitative estimate of drug-likeness (QED) is 0.570. The Labute approximate surface area is 73.1 Å². The van der Waals surface area contributed by atoms with Crippen molar-refractivity contribution in [2.24, 2.45) is 0 Å². The number of aromatic nitrogens is 1. The van der Waals surface area contributed by atoms with Crippen LogP contribution in [0.3, 0.4) is 0 Å². The van der Waals surface area contributed by atoms with Gasteiger partial charge in [0, 0.05) is 18.5 Å². The minimum atomic E-state index is 0. The molecule has 0 aliphatic heterocycles. The molecule has 0 aliphatic rings. The normalized spacial score (nSPS) is 9.42. The number of nitrogens with zero attached hydrogens (tertiary/aromatic N) is 1. The van der Waals surface area contributed by atoms with E-state index in [0.29, 0.717) is 0 Å². The number of hydrogen-bond donors (Lipinski definition) is 0. The van der Waals surface area contributed by atoms with Crippen LogP contribution in [0.1, 0.15) is 5.69 Å². The average Bonchev–Trinajstić information content (AvgIpc) is 2.04. The Morgan fingerprint density at radius 2 is 1.75 bits per heavy atom. The second kappa shape index (κ2) is 3.35. The molecule has 1 heteroatoms. The van der Waals surface area contributed by atoms with Crippen molar-refractivity contribution in [3.63, 3.8) is 0 Å². The molecule has 2 rings (SSSR count). The van der Waals surface area contributed by atoms with Crippen LogP contribution in [-0.4, -0.2) is 4.98 Å². The zero-order valence-electron chi connectivity index (χ0n) is 6.91. The van der Waals surface area contributed by atoms with Gasteiger partial charge >= 0.3 is 0 Å². The van der Waals surface area contributed by atoms with Crippen LogP contribution >= 0.6 is 0 Å². The molecule has 12 heavy (non-hydrogen) atoms. The number of aryl methyl sites for hydroxylation is 1. The molecule has 0 bridgehead atoms. The molecule has 0 unspecified atom stereocenters. The molecular weight excluding hydrogens is 146 g/mol. The Balaban J connectivity index is 0.000000720. The molecule has 0 atom stereocenters. The van der Waals surface area contributed by atoms with Crippen molar-refractivity contribution in [2.45, 2.75) is 6.92 Å². The Kier molecular flexibility index (Phi) is 2.44. The van der Waals surface area contributed by atoms with E-state index in [0.717, 1.165) is 11.2 Å². The van der Waals surface area contributed by atoms with Gasteiger partial charge in [-0.1, -0.05) is 24.3 Å². The number of hydrogen-bond acceptors (Lipinski definition) is 1. The maximum absolute atomic E-state index is 4.38. The van der Waals surface area contributed by atoms with E-state index in [1.807, 2.05) is 31.2 Å². The molecule has 0 spiro atoms. The summed E-state index contributed by atoms with van der Waals surface area (Å²) in [5.41, 5.74) is 2.15. The summed E-state index contributed by atoms with van der Waals surface area (Å²) in [6.45, 7) is 2.01. The second-order valence-electron chi connectivity index (χ2n) is 2.65. The lowest BCUT2D eigenvalue weighted by Crippen LogP contribution is -1.80. The van der Waals surface area contributed by atoms with Gasteiger partial charge in [-0.25, -0.2) is 0 Å². The standard InChI is InChI=1S/C10H9N.C/c1-8-6-7-9-4-2-3-5-10(9)11-8;/h2-7H,1H3;. The van der Waals surface area contributed by atoms with Gasteiger partial charge in [0.2, 0.25) is 0 Å². The molecule has 0 saturated heterocycles. The monoisotopic (exact) mass is 155 g/mol. The highest BCUT2D eigenvalue weighted by molar-refractivity contribution is 5.78. The highest BCUT2D eigenvalue weighted by Gasteiger charge is 1.90. The number of benzene rings is 1. The largest absolute Gasteiger partial charge is 0.253 e. The van der Waals surface area contributed by atoms with Crippen molar-refractivity contribution in [2.75, 3.05) is 0 Å². The van der Waals surface area contributed by atoms with Gasteiger partial charge in [-0.3, -0.25) is 4.98 Å². The van der Waals surface area contributed by atoms with Crippen LogP contribution in [0.4, 0.5) is 0 Å². The average molecular weight is 155 g/mol. The number of rotatable bonds is 0. The lowest BCUT2D eigenvalue weighted by molar-refractivity contribution is 1.26. The second-order valence-corrected chi connectivity index (χ2v) is 2.65. The van der Waals surface area contributed by atoms with Gasteiger partial charge in [-0.15, -0.1) is 0 Å². The summed E-state index contributed by atoms with van der Waals surface area (Å²) in [7, 11) is 0. The van der Waals surface area contributed by atoms with E-state index in [1.54, 1.807) is 0 Å². The van der Waals surface area contributed by atoms with Gasteiger partial charge in [0.15, 0.2) is 0 Å². The van der Waals surface area contributed by atoms with Crippen LogP contribution in [0.5, 0.6) is 0 Å². The van der Waals surface area contributed by atoms with Crippen molar-refractivity contribution in [1.29, 1.82) is 0 Å². The van der Waals surface area contributed by atoms with Gasteiger partial charge in [-0.05, 0) is 19.1 Å². The van der Waals surface area contributed by atoms with E-state index in [1.165, 1.54) is 5.39 Å². The van der Waals surface area contributed by atoms with E-state index in [4.69, 9.17) is 0 Å². The Hall–Kier alpha value is -1.37. The zero-order chi connectivity index (χ0) is 7.68. The van der Waals surface area contributed by atoms with Crippen molar-refractivity contribution in [3.8, 4) is 0 Å². The Morgan fingerprint density at radius 3 is 2.58 bits per heavy atom. The predicted molar refractivity (Wildman–Crippen MR) is 49.7 cm³/mol. The van der Waals surface area contributed by atoms with Gasteiger partial charge in [0.25, 0.3) is 0 Å². The molecule has 1 aromatic heterocycles. The van der Waals surface area contributed by atoms with E-state index in [-0.39, 0.29) is 7.43 Å². The van der Waals surface area contributed by atoms with Gasteiger partial charge in [-0.2, -0.15) is 0 Å². The third-order valence-electron chi connectivity index (χ3n) is 1.74. The van der Waals surface area contributed by atoms with Gasteiger partial charge in [0.1, 0.15) is 0 Å². The number of para-hydroxylation sites is 1. The van der Waals surface area contributed by atoms with E-state index in [2.05, 4.69) is 17.1 Å². The van der Waals surface area contributed by atoms with Crippen molar-refractivity contribution in [3.05, 3.63) is 49.5 Å². The van der Waals surface area contributed by atoms with Gasteiger partial charge in [0.05, 0.1) is 5.52 Å². The van der Waals surface area contributed by atoms with E-state index < -0.39 is 0 Å². The fourth-order valence-electron chi connectivity index (χ4n) is 1.17. The van der Waals surface area contributed by atoms with Crippen molar-refractivity contribution < 1.29 is 0 Å². The molecule has 0 N–H and O–H groups in total.